The van der Waals surface area contributed by atoms with Gasteiger partial charge in [0, 0.05) is 18.0 Å². The Labute approximate surface area is 121 Å². The molecule has 19 heavy (non-hydrogen) atoms. The van der Waals surface area contributed by atoms with Gasteiger partial charge < -0.3 is 10.1 Å². The first-order valence-electron chi connectivity index (χ1n) is 6.49. The van der Waals surface area contributed by atoms with Crippen LogP contribution in [-0.2, 0) is 0 Å². The minimum atomic E-state index is -0.585. The number of amides is 2. The number of hydrogen-bond acceptors (Lipinski definition) is 2. The van der Waals surface area contributed by atoms with Crippen molar-refractivity contribution >= 4 is 22.0 Å². The van der Waals surface area contributed by atoms with Crippen molar-refractivity contribution < 1.29 is 9.53 Å². The Morgan fingerprint density at radius 2 is 2.26 bits per heavy atom. The van der Waals surface area contributed by atoms with Gasteiger partial charge in [-0.3, -0.25) is 4.90 Å². The Morgan fingerprint density at radius 1 is 1.53 bits per heavy atom. The first-order chi connectivity index (χ1) is 8.92. The third-order valence-electron chi connectivity index (χ3n) is 3.82. The standard InChI is InChI=1S/C14H17BrN2O2/c1-8(2)17-13(18)16-11-7-14(17,3)19-12-9(11)5-4-6-10(12)15/h4-6,8,11H,7H2,1-3H3,(H,16,18). The van der Waals surface area contributed by atoms with E-state index in [1.807, 2.05) is 39.0 Å². The highest BCUT2D eigenvalue weighted by atomic mass is 79.9. The molecule has 2 aliphatic rings. The van der Waals surface area contributed by atoms with Crippen molar-refractivity contribution in [3.05, 3.63) is 28.2 Å². The summed E-state index contributed by atoms with van der Waals surface area (Å²) < 4.78 is 7.11. The molecule has 2 amide bonds. The molecule has 5 heteroatoms. The van der Waals surface area contributed by atoms with Crippen molar-refractivity contribution in [1.82, 2.24) is 10.2 Å². The SMILES string of the molecule is CC(C)N1C(=O)NC2CC1(C)Oc1c(Br)cccc12. The second-order valence-electron chi connectivity index (χ2n) is 5.61. The molecule has 2 heterocycles. The van der Waals surface area contributed by atoms with E-state index < -0.39 is 5.72 Å². The molecule has 2 atom stereocenters. The Balaban J connectivity index is 2.11. The van der Waals surface area contributed by atoms with E-state index in [2.05, 4.69) is 21.2 Å². The van der Waals surface area contributed by atoms with E-state index in [9.17, 15) is 4.79 Å². The van der Waals surface area contributed by atoms with Crippen molar-refractivity contribution in [2.24, 2.45) is 0 Å². The molecule has 1 saturated heterocycles. The molecule has 102 valence electrons. The normalized spacial score (nSPS) is 28.8. The summed E-state index contributed by atoms with van der Waals surface area (Å²) in [4.78, 5) is 14.1. The summed E-state index contributed by atoms with van der Waals surface area (Å²) in [5, 5.41) is 3.07. The van der Waals surface area contributed by atoms with E-state index in [0.717, 1.165) is 22.2 Å². The van der Waals surface area contributed by atoms with Gasteiger partial charge in [-0.2, -0.15) is 0 Å². The average Bonchev–Trinajstić information content (AvgIpc) is 2.29. The van der Waals surface area contributed by atoms with Crippen LogP contribution in [0.5, 0.6) is 5.75 Å². The van der Waals surface area contributed by atoms with Crippen molar-refractivity contribution in [2.75, 3.05) is 0 Å². The number of nitrogens with one attached hydrogen (secondary N) is 1. The largest absolute Gasteiger partial charge is 0.466 e. The lowest BCUT2D eigenvalue weighted by Gasteiger charge is -2.52. The van der Waals surface area contributed by atoms with Gasteiger partial charge in [-0.15, -0.1) is 0 Å². The van der Waals surface area contributed by atoms with Crippen molar-refractivity contribution in [3.8, 4) is 5.75 Å². The lowest BCUT2D eigenvalue weighted by Crippen LogP contribution is -2.66. The molecular weight excluding hydrogens is 308 g/mol. The number of rotatable bonds is 1. The van der Waals surface area contributed by atoms with Crippen LogP contribution < -0.4 is 10.1 Å². The maximum Gasteiger partial charge on any atom is 0.321 e. The lowest BCUT2D eigenvalue weighted by molar-refractivity contribution is -0.0968. The molecule has 1 fully saturated rings. The van der Waals surface area contributed by atoms with Crippen LogP contribution >= 0.6 is 15.9 Å². The molecule has 0 spiro atoms. The Morgan fingerprint density at radius 3 is 2.95 bits per heavy atom. The van der Waals surface area contributed by atoms with Gasteiger partial charge >= 0.3 is 6.03 Å². The molecule has 0 radical (unpaired) electrons. The topological polar surface area (TPSA) is 41.6 Å². The zero-order valence-corrected chi connectivity index (χ0v) is 12.8. The summed E-state index contributed by atoms with van der Waals surface area (Å²) in [5.74, 6) is 0.840. The van der Waals surface area contributed by atoms with Crippen molar-refractivity contribution in [3.63, 3.8) is 0 Å². The molecule has 0 aliphatic carbocycles. The third-order valence-corrected chi connectivity index (χ3v) is 4.44. The highest BCUT2D eigenvalue weighted by Gasteiger charge is 2.50. The van der Waals surface area contributed by atoms with E-state index >= 15 is 0 Å². The van der Waals surface area contributed by atoms with Gasteiger partial charge in [0.05, 0.1) is 10.5 Å². The van der Waals surface area contributed by atoms with Crippen LogP contribution in [0.1, 0.15) is 38.8 Å². The van der Waals surface area contributed by atoms with Crippen LogP contribution in [0.25, 0.3) is 0 Å². The summed E-state index contributed by atoms with van der Waals surface area (Å²) in [5.41, 5.74) is 0.460. The molecule has 1 aromatic rings. The number of urea groups is 1. The first-order valence-corrected chi connectivity index (χ1v) is 7.29. The molecule has 3 rings (SSSR count). The predicted molar refractivity (Wildman–Crippen MR) is 76.0 cm³/mol. The highest BCUT2D eigenvalue weighted by Crippen LogP contribution is 2.47. The second kappa shape index (κ2) is 4.13. The molecule has 0 aromatic heterocycles. The summed E-state index contributed by atoms with van der Waals surface area (Å²) in [7, 11) is 0. The van der Waals surface area contributed by atoms with Crippen molar-refractivity contribution in [2.45, 2.75) is 45.0 Å². The molecule has 1 aromatic carbocycles. The van der Waals surface area contributed by atoms with Gasteiger partial charge in [0.25, 0.3) is 0 Å². The third kappa shape index (κ3) is 1.83. The lowest BCUT2D eigenvalue weighted by atomic mass is 9.90. The van der Waals surface area contributed by atoms with Crippen LogP contribution in [0.2, 0.25) is 0 Å². The number of halogens is 1. The van der Waals surface area contributed by atoms with E-state index in [1.54, 1.807) is 4.90 Å². The molecule has 0 saturated carbocycles. The van der Waals surface area contributed by atoms with Crippen LogP contribution in [0.3, 0.4) is 0 Å². The van der Waals surface area contributed by atoms with Gasteiger partial charge in [0.1, 0.15) is 5.75 Å². The zero-order valence-electron chi connectivity index (χ0n) is 11.2. The second-order valence-corrected chi connectivity index (χ2v) is 6.46. The number of ether oxygens (including phenoxy) is 1. The maximum absolute atomic E-state index is 12.3. The number of carbonyl (C=O) groups excluding carboxylic acids is 1. The molecule has 2 unspecified atom stereocenters. The molecule has 2 aliphatic heterocycles. The molecule has 1 N–H and O–H groups in total. The maximum atomic E-state index is 12.3. The minimum Gasteiger partial charge on any atom is -0.466 e. The summed E-state index contributed by atoms with van der Waals surface area (Å²) in [6, 6.07) is 6.00. The molecule has 4 nitrogen and oxygen atoms in total. The van der Waals surface area contributed by atoms with Crippen LogP contribution in [-0.4, -0.2) is 22.7 Å². The van der Waals surface area contributed by atoms with Gasteiger partial charge in [-0.25, -0.2) is 4.79 Å². The van der Waals surface area contributed by atoms with E-state index in [1.165, 1.54) is 0 Å². The number of benzene rings is 1. The minimum absolute atomic E-state index is 0.0220. The van der Waals surface area contributed by atoms with E-state index in [-0.39, 0.29) is 18.1 Å². The van der Waals surface area contributed by atoms with E-state index in [4.69, 9.17) is 4.74 Å². The number of fused-ring (bicyclic) bond motifs is 4. The number of para-hydroxylation sites is 1. The molecule has 2 bridgehead atoms. The van der Waals surface area contributed by atoms with Crippen molar-refractivity contribution in [1.29, 1.82) is 0 Å². The predicted octanol–water partition coefficient (Wildman–Crippen LogP) is 3.42. The average molecular weight is 325 g/mol. The van der Waals surface area contributed by atoms with Crippen LogP contribution in [0, 0.1) is 0 Å². The fourth-order valence-corrected chi connectivity index (χ4v) is 3.61. The zero-order chi connectivity index (χ0) is 13.8. The Hall–Kier alpha value is -1.23. The number of hydrogen-bond donors (Lipinski definition) is 1. The van der Waals surface area contributed by atoms with E-state index in [0.29, 0.717) is 0 Å². The fraction of sp³-hybridized carbons (Fsp3) is 0.500. The monoisotopic (exact) mass is 324 g/mol. The van der Waals surface area contributed by atoms with Gasteiger partial charge in [-0.1, -0.05) is 12.1 Å². The fourth-order valence-electron chi connectivity index (χ4n) is 3.15. The van der Waals surface area contributed by atoms with Crippen LogP contribution in [0.15, 0.2) is 22.7 Å². The molecular formula is C14H17BrN2O2. The number of nitrogens with zero attached hydrogens (tertiary/aromatic N) is 1. The summed E-state index contributed by atoms with van der Waals surface area (Å²) >= 11 is 3.53. The Kier molecular flexibility index (Phi) is 2.78. The summed E-state index contributed by atoms with van der Waals surface area (Å²) in [6.45, 7) is 6.00. The highest BCUT2D eigenvalue weighted by molar-refractivity contribution is 9.10. The van der Waals surface area contributed by atoms with Gasteiger partial charge in [-0.05, 0) is 42.8 Å². The Bertz CT molecular complexity index is 546. The quantitative estimate of drug-likeness (QED) is 0.859. The summed E-state index contributed by atoms with van der Waals surface area (Å²) in [6.07, 6.45) is 0.764. The smallest absolute Gasteiger partial charge is 0.321 e. The van der Waals surface area contributed by atoms with Gasteiger partial charge in [0.2, 0.25) is 0 Å². The first kappa shape index (κ1) is 12.8. The number of carbonyl (C=O) groups is 1. The van der Waals surface area contributed by atoms with Gasteiger partial charge in [0.15, 0.2) is 5.72 Å². The van der Waals surface area contributed by atoms with Crippen LogP contribution in [0.4, 0.5) is 4.79 Å².